The van der Waals surface area contributed by atoms with Crippen LogP contribution in [-0.4, -0.2) is 34.8 Å². The Morgan fingerprint density at radius 3 is 2.96 bits per heavy atom. The second-order valence-corrected chi connectivity index (χ2v) is 7.41. The molecule has 2 heterocycles. The number of likely N-dealkylation sites (tertiary alicyclic amines) is 1. The zero-order valence-corrected chi connectivity index (χ0v) is 15.8. The molecular weight excluding hydrogens is 372 g/mol. The van der Waals surface area contributed by atoms with Gasteiger partial charge in [-0.2, -0.15) is 0 Å². The number of hydrogen-bond acceptors (Lipinski definition) is 4. The average Bonchev–Trinajstić information content (AvgIpc) is 3.16. The zero-order chi connectivity index (χ0) is 19.4. The molecule has 0 radical (unpaired) electrons. The van der Waals surface area contributed by atoms with Crippen molar-refractivity contribution in [1.82, 2.24) is 15.2 Å². The molecule has 1 fully saturated rings. The maximum absolute atomic E-state index is 13.9. The summed E-state index contributed by atoms with van der Waals surface area (Å²) < 4.78 is 27.3. The van der Waals surface area contributed by atoms with Gasteiger partial charge in [-0.15, -0.1) is 11.3 Å². The van der Waals surface area contributed by atoms with Gasteiger partial charge in [0.1, 0.15) is 11.6 Å². The van der Waals surface area contributed by atoms with E-state index in [1.54, 1.807) is 11.8 Å². The van der Waals surface area contributed by atoms with Crippen molar-refractivity contribution in [1.29, 1.82) is 0 Å². The van der Waals surface area contributed by atoms with Gasteiger partial charge in [0.05, 0.1) is 22.8 Å². The molecule has 1 aromatic heterocycles. The van der Waals surface area contributed by atoms with Gasteiger partial charge in [0.2, 0.25) is 5.91 Å². The lowest BCUT2D eigenvalue weighted by Crippen LogP contribution is -2.39. The molecule has 8 heteroatoms. The molecule has 1 atom stereocenters. The molecule has 1 N–H and O–H groups in total. The van der Waals surface area contributed by atoms with Crippen LogP contribution in [0.1, 0.15) is 53.2 Å². The molecule has 0 aliphatic carbocycles. The van der Waals surface area contributed by atoms with Crippen molar-refractivity contribution >= 4 is 23.2 Å². The van der Waals surface area contributed by atoms with Crippen molar-refractivity contribution in [2.75, 3.05) is 13.1 Å². The fourth-order valence-corrected chi connectivity index (χ4v) is 4.05. The van der Waals surface area contributed by atoms with Crippen LogP contribution in [0.3, 0.4) is 0 Å². The van der Waals surface area contributed by atoms with E-state index >= 15 is 0 Å². The number of hydrogen-bond donors (Lipinski definition) is 1. The van der Waals surface area contributed by atoms with Gasteiger partial charge in [-0.3, -0.25) is 9.59 Å². The Labute approximate surface area is 160 Å². The number of nitrogens with one attached hydrogen (secondary N) is 1. The lowest BCUT2D eigenvalue weighted by Gasteiger charge is -2.32. The van der Waals surface area contributed by atoms with Crippen LogP contribution in [0, 0.1) is 11.6 Å². The molecule has 1 aliphatic heterocycles. The molecular formula is C19H21F2N3O2S. The van der Waals surface area contributed by atoms with Crippen LogP contribution in [0.25, 0.3) is 0 Å². The van der Waals surface area contributed by atoms with Gasteiger partial charge in [0.25, 0.3) is 5.91 Å². The first-order valence-electron chi connectivity index (χ1n) is 8.93. The number of aromatic nitrogens is 1. The quantitative estimate of drug-likeness (QED) is 0.846. The summed E-state index contributed by atoms with van der Waals surface area (Å²) in [6.07, 6.45) is 2.08. The Hall–Kier alpha value is -2.35. The molecule has 0 bridgehead atoms. The highest BCUT2D eigenvalue weighted by Gasteiger charge is 2.28. The Morgan fingerprint density at radius 1 is 1.37 bits per heavy atom. The molecule has 0 unspecified atom stereocenters. The second kappa shape index (κ2) is 8.56. The summed E-state index contributed by atoms with van der Waals surface area (Å²) in [7, 11) is 0. The van der Waals surface area contributed by atoms with Crippen LogP contribution in [0.5, 0.6) is 0 Å². The molecule has 2 amide bonds. The monoisotopic (exact) mass is 393 g/mol. The number of piperidine rings is 1. The predicted octanol–water partition coefficient (Wildman–Crippen LogP) is 3.47. The fraction of sp³-hybridized carbons (Fsp3) is 0.421. The van der Waals surface area contributed by atoms with Gasteiger partial charge in [-0.05, 0) is 31.0 Å². The predicted molar refractivity (Wildman–Crippen MR) is 98.5 cm³/mol. The number of nitrogens with zero attached hydrogens (tertiary/aromatic N) is 2. The van der Waals surface area contributed by atoms with E-state index < -0.39 is 17.5 Å². The van der Waals surface area contributed by atoms with Gasteiger partial charge < -0.3 is 10.2 Å². The lowest BCUT2D eigenvalue weighted by atomic mass is 9.98. The van der Waals surface area contributed by atoms with Crippen LogP contribution in [0.4, 0.5) is 8.78 Å². The number of rotatable bonds is 5. The first kappa shape index (κ1) is 19.4. The van der Waals surface area contributed by atoms with Crippen molar-refractivity contribution in [3.8, 4) is 0 Å². The number of halogens is 2. The van der Waals surface area contributed by atoms with E-state index in [0.717, 1.165) is 41.7 Å². The Kier molecular flexibility index (Phi) is 6.15. The lowest BCUT2D eigenvalue weighted by molar-refractivity contribution is -0.120. The number of carbonyl (C=O) groups is 2. The summed E-state index contributed by atoms with van der Waals surface area (Å²) in [5, 5.41) is 5.59. The summed E-state index contributed by atoms with van der Waals surface area (Å²) in [6, 6.07) is 2.92. The van der Waals surface area contributed by atoms with Gasteiger partial charge in [-0.1, -0.05) is 6.92 Å². The van der Waals surface area contributed by atoms with E-state index in [-0.39, 0.29) is 17.4 Å². The largest absolute Gasteiger partial charge is 0.350 e. The third-order valence-corrected chi connectivity index (χ3v) is 5.63. The van der Waals surface area contributed by atoms with Gasteiger partial charge in [0, 0.05) is 30.8 Å². The summed E-state index contributed by atoms with van der Waals surface area (Å²) in [4.78, 5) is 30.1. The molecule has 27 heavy (non-hydrogen) atoms. The van der Waals surface area contributed by atoms with Gasteiger partial charge in [0.15, 0.2) is 0 Å². The van der Waals surface area contributed by atoms with Crippen LogP contribution in [-0.2, 0) is 11.3 Å². The van der Waals surface area contributed by atoms with Crippen molar-refractivity contribution in [3.05, 3.63) is 51.5 Å². The Bertz CT molecular complexity index is 840. The maximum Gasteiger partial charge on any atom is 0.256 e. The minimum Gasteiger partial charge on any atom is -0.350 e. The SMILES string of the molecule is CCC(=O)NCc1csc([C@@H]2CCCN(C(=O)c3cc(F)ccc3F)C2)n1. The van der Waals surface area contributed by atoms with Crippen molar-refractivity contribution in [2.45, 2.75) is 38.6 Å². The first-order valence-corrected chi connectivity index (χ1v) is 9.81. The van der Waals surface area contributed by atoms with Crippen LogP contribution < -0.4 is 5.32 Å². The minimum atomic E-state index is -0.716. The standard InChI is InChI=1S/C19H21F2N3O2S/c1-2-17(25)22-9-14-11-27-18(23-14)12-4-3-7-24(10-12)19(26)15-8-13(20)5-6-16(15)21/h5-6,8,11-12H,2-4,7,9-10H2,1H3,(H,22,25)/t12-/m1/s1. The molecule has 3 rings (SSSR count). The van der Waals surface area contributed by atoms with Gasteiger partial charge in [-0.25, -0.2) is 13.8 Å². The average molecular weight is 393 g/mol. The minimum absolute atomic E-state index is 0.0314. The Morgan fingerprint density at radius 2 is 2.19 bits per heavy atom. The summed E-state index contributed by atoms with van der Waals surface area (Å²) in [5.74, 6) is -1.82. The zero-order valence-electron chi connectivity index (χ0n) is 15.0. The van der Waals surface area contributed by atoms with Crippen molar-refractivity contribution < 1.29 is 18.4 Å². The highest BCUT2D eigenvalue weighted by molar-refractivity contribution is 7.09. The molecule has 1 saturated heterocycles. The fourth-order valence-electron chi connectivity index (χ4n) is 3.10. The van der Waals surface area contributed by atoms with Crippen LogP contribution in [0.2, 0.25) is 0 Å². The molecule has 144 valence electrons. The van der Waals surface area contributed by atoms with E-state index in [1.807, 2.05) is 5.38 Å². The van der Waals surface area contributed by atoms with Gasteiger partial charge >= 0.3 is 0 Å². The maximum atomic E-state index is 13.9. The van der Waals surface area contributed by atoms with Crippen molar-refractivity contribution in [3.63, 3.8) is 0 Å². The topological polar surface area (TPSA) is 62.3 Å². The first-order chi connectivity index (χ1) is 13.0. The number of thiazole rings is 1. The third-order valence-electron chi connectivity index (χ3n) is 4.57. The summed E-state index contributed by atoms with van der Waals surface area (Å²) in [6.45, 7) is 3.10. The molecule has 1 aromatic carbocycles. The van der Waals surface area contributed by atoms with Crippen LogP contribution >= 0.6 is 11.3 Å². The number of carbonyl (C=O) groups excluding carboxylic acids is 2. The molecule has 0 spiro atoms. The molecule has 5 nitrogen and oxygen atoms in total. The summed E-state index contributed by atoms with van der Waals surface area (Å²) >= 11 is 1.50. The highest BCUT2D eigenvalue weighted by atomic mass is 32.1. The molecule has 0 saturated carbocycles. The second-order valence-electron chi connectivity index (χ2n) is 6.52. The van der Waals surface area contributed by atoms with Crippen molar-refractivity contribution in [2.24, 2.45) is 0 Å². The molecule has 1 aliphatic rings. The number of amides is 2. The van der Waals surface area contributed by atoms with E-state index in [1.165, 1.54) is 11.3 Å². The smallest absolute Gasteiger partial charge is 0.256 e. The van der Waals surface area contributed by atoms with E-state index in [2.05, 4.69) is 10.3 Å². The van der Waals surface area contributed by atoms with E-state index in [9.17, 15) is 18.4 Å². The normalized spacial score (nSPS) is 17.0. The molecule has 2 aromatic rings. The third kappa shape index (κ3) is 4.68. The summed E-state index contributed by atoms with van der Waals surface area (Å²) in [5.41, 5.74) is 0.550. The Balaban J connectivity index is 1.67. The van der Waals surface area contributed by atoms with E-state index in [0.29, 0.717) is 26.1 Å². The highest BCUT2D eigenvalue weighted by Crippen LogP contribution is 2.30. The number of benzene rings is 1. The van der Waals surface area contributed by atoms with E-state index in [4.69, 9.17) is 0 Å². The van der Waals surface area contributed by atoms with Crippen LogP contribution in [0.15, 0.2) is 23.6 Å².